The minimum Gasteiger partial charge on any atom is -0.361 e. The molecule has 1 N–H and O–H groups in total. The van der Waals surface area contributed by atoms with E-state index in [2.05, 4.69) is 25.6 Å². The fourth-order valence-electron chi connectivity index (χ4n) is 2.38. The average Bonchev–Trinajstić information content (AvgIpc) is 2.93. The molecule has 3 heterocycles. The standard InChI is InChI=1S/C16H19N7O/c1-10-7-11(2)18-12(8-10)16(24)17-9-15-20-19-13-5-6-14(22(3)4)21-23(13)15/h5-8H,9H2,1-4H3,(H,17,24). The molecule has 1 amide bonds. The largest absolute Gasteiger partial charge is 0.361 e. The molecule has 0 fully saturated rings. The Balaban J connectivity index is 1.80. The van der Waals surface area contributed by atoms with E-state index in [1.54, 1.807) is 10.6 Å². The van der Waals surface area contributed by atoms with E-state index in [-0.39, 0.29) is 12.5 Å². The van der Waals surface area contributed by atoms with Gasteiger partial charge in [-0.25, -0.2) is 4.98 Å². The van der Waals surface area contributed by atoms with Gasteiger partial charge in [0.05, 0.1) is 6.54 Å². The van der Waals surface area contributed by atoms with Crippen LogP contribution in [0.4, 0.5) is 5.82 Å². The number of pyridine rings is 1. The van der Waals surface area contributed by atoms with Crippen LogP contribution in [0.1, 0.15) is 27.6 Å². The van der Waals surface area contributed by atoms with Crippen molar-refractivity contribution in [1.82, 2.24) is 30.1 Å². The zero-order valence-electron chi connectivity index (χ0n) is 14.1. The van der Waals surface area contributed by atoms with Gasteiger partial charge in [-0.2, -0.15) is 4.52 Å². The first-order chi connectivity index (χ1) is 11.4. The summed E-state index contributed by atoms with van der Waals surface area (Å²) < 4.78 is 1.63. The summed E-state index contributed by atoms with van der Waals surface area (Å²) in [5, 5.41) is 15.4. The Morgan fingerprint density at radius 3 is 2.71 bits per heavy atom. The van der Waals surface area contributed by atoms with Crippen LogP contribution in [-0.4, -0.2) is 44.8 Å². The van der Waals surface area contributed by atoms with Gasteiger partial charge >= 0.3 is 0 Å². The van der Waals surface area contributed by atoms with Crippen molar-refractivity contribution in [3.8, 4) is 0 Å². The van der Waals surface area contributed by atoms with Crippen LogP contribution in [0.3, 0.4) is 0 Å². The van der Waals surface area contributed by atoms with Gasteiger partial charge < -0.3 is 10.2 Å². The van der Waals surface area contributed by atoms with Crippen LogP contribution >= 0.6 is 0 Å². The second kappa shape index (κ2) is 6.23. The Labute approximate surface area is 139 Å². The van der Waals surface area contributed by atoms with Crippen molar-refractivity contribution < 1.29 is 4.79 Å². The summed E-state index contributed by atoms with van der Waals surface area (Å²) in [7, 11) is 3.82. The zero-order chi connectivity index (χ0) is 17.3. The number of amides is 1. The predicted octanol–water partition coefficient (Wildman–Crippen LogP) is 1.13. The van der Waals surface area contributed by atoms with Crippen molar-refractivity contribution >= 4 is 17.4 Å². The number of nitrogens with one attached hydrogen (secondary N) is 1. The summed E-state index contributed by atoms with van der Waals surface area (Å²) in [6, 6.07) is 7.39. The maximum Gasteiger partial charge on any atom is 0.270 e. The second-order valence-corrected chi connectivity index (χ2v) is 5.83. The molecule has 124 valence electrons. The molecular weight excluding hydrogens is 306 g/mol. The Morgan fingerprint density at radius 2 is 2.00 bits per heavy atom. The van der Waals surface area contributed by atoms with E-state index in [4.69, 9.17) is 0 Å². The van der Waals surface area contributed by atoms with Crippen LogP contribution in [0, 0.1) is 13.8 Å². The molecule has 0 saturated heterocycles. The van der Waals surface area contributed by atoms with Gasteiger partial charge in [-0.05, 0) is 43.7 Å². The lowest BCUT2D eigenvalue weighted by molar-refractivity contribution is 0.0944. The maximum absolute atomic E-state index is 12.3. The highest BCUT2D eigenvalue weighted by Crippen LogP contribution is 2.10. The van der Waals surface area contributed by atoms with E-state index in [0.29, 0.717) is 17.2 Å². The monoisotopic (exact) mass is 325 g/mol. The van der Waals surface area contributed by atoms with Gasteiger partial charge in [-0.1, -0.05) is 0 Å². The molecule has 3 rings (SSSR count). The van der Waals surface area contributed by atoms with Crippen molar-refractivity contribution in [2.45, 2.75) is 20.4 Å². The second-order valence-electron chi connectivity index (χ2n) is 5.83. The summed E-state index contributed by atoms with van der Waals surface area (Å²) in [6.07, 6.45) is 0. The molecule has 8 nitrogen and oxygen atoms in total. The van der Waals surface area contributed by atoms with Gasteiger partial charge in [0, 0.05) is 19.8 Å². The predicted molar refractivity (Wildman–Crippen MR) is 90.0 cm³/mol. The number of aryl methyl sites for hydroxylation is 2. The van der Waals surface area contributed by atoms with Crippen molar-refractivity contribution in [2.75, 3.05) is 19.0 Å². The summed E-state index contributed by atoms with van der Waals surface area (Å²) in [5.41, 5.74) is 2.83. The van der Waals surface area contributed by atoms with E-state index in [1.165, 1.54) is 0 Å². The number of carbonyl (C=O) groups is 1. The quantitative estimate of drug-likeness (QED) is 0.774. The minimum atomic E-state index is -0.248. The molecule has 0 radical (unpaired) electrons. The van der Waals surface area contributed by atoms with E-state index in [1.807, 2.05) is 51.0 Å². The molecular formula is C16H19N7O. The van der Waals surface area contributed by atoms with Crippen LogP contribution in [-0.2, 0) is 6.54 Å². The minimum absolute atomic E-state index is 0.221. The molecule has 3 aromatic rings. The maximum atomic E-state index is 12.3. The van der Waals surface area contributed by atoms with Crippen molar-refractivity contribution in [3.63, 3.8) is 0 Å². The lowest BCUT2D eigenvalue weighted by Gasteiger charge is -2.11. The molecule has 3 aromatic heterocycles. The normalized spacial score (nSPS) is 10.8. The molecule has 0 atom stereocenters. The molecule has 0 aromatic carbocycles. The van der Waals surface area contributed by atoms with Crippen molar-refractivity contribution in [3.05, 3.63) is 47.0 Å². The molecule has 24 heavy (non-hydrogen) atoms. The van der Waals surface area contributed by atoms with Gasteiger partial charge in [0.2, 0.25) is 0 Å². The highest BCUT2D eigenvalue weighted by Gasteiger charge is 2.12. The SMILES string of the molecule is Cc1cc(C)nc(C(=O)NCc2nnc3ccc(N(C)C)nn23)c1. The first kappa shape index (κ1) is 15.9. The van der Waals surface area contributed by atoms with Gasteiger partial charge in [0.15, 0.2) is 11.5 Å². The third kappa shape index (κ3) is 3.17. The molecule has 0 unspecified atom stereocenters. The number of fused-ring (bicyclic) bond motifs is 1. The van der Waals surface area contributed by atoms with Gasteiger partial charge in [0.1, 0.15) is 11.5 Å². The lowest BCUT2D eigenvalue weighted by atomic mass is 10.2. The highest BCUT2D eigenvalue weighted by atomic mass is 16.1. The number of nitrogens with zero attached hydrogens (tertiary/aromatic N) is 6. The number of carbonyl (C=O) groups excluding carboxylic acids is 1. The average molecular weight is 325 g/mol. The van der Waals surface area contributed by atoms with Crippen LogP contribution in [0.2, 0.25) is 0 Å². The molecule has 0 saturated carbocycles. The van der Waals surface area contributed by atoms with Crippen LogP contribution in [0.15, 0.2) is 24.3 Å². The molecule has 0 aliphatic rings. The molecule has 0 spiro atoms. The summed E-state index contributed by atoms with van der Waals surface area (Å²) in [5.74, 6) is 1.10. The Hall–Kier alpha value is -3.03. The van der Waals surface area contributed by atoms with Gasteiger partial charge in [0.25, 0.3) is 5.91 Å². The summed E-state index contributed by atoms with van der Waals surface area (Å²) in [4.78, 5) is 18.4. The first-order valence-corrected chi connectivity index (χ1v) is 7.56. The van der Waals surface area contributed by atoms with E-state index in [9.17, 15) is 4.79 Å². The Morgan fingerprint density at radius 1 is 1.21 bits per heavy atom. The molecule has 0 aliphatic heterocycles. The summed E-state index contributed by atoms with van der Waals surface area (Å²) in [6.45, 7) is 4.02. The number of hydrogen-bond donors (Lipinski definition) is 1. The van der Waals surface area contributed by atoms with Gasteiger partial charge in [-0.3, -0.25) is 4.79 Å². The zero-order valence-corrected chi connectivity index (χ0v) is 14.1. The van der Waals surface area contributed by atoms with Crippen molar-refractivity contribution in [2.24, 2.45) is 0 Å². The van der Waals surface area contributed by atoms with Gasteiger partial charge in [-0.15, -0.1) is 15.3 Å². The fraction of sp³-hybridized carbons (Fsp3) is 0.312. The number of aromatic nitrogens is 5. The topological polar surface area (TPSA) is 88.3 Å². The third-order valence-corrected chi connectivity index (χ3v) is 3.51. The van der Waals surface area contributed by atoms with E-state index in [0.717, 1.165) is 17.1 Å². The number of hydrogen-bond acceptors (Lipinski definition) is 6. The molecule has 8 heteroatoms. The third-order valence-electron chi connectivity index (χ3n) is 3.51. The molecule has 0 bridgehead atoms. The lowest BCUT2D eigenvalue weighted by Crippen LogP contribution is -2.25. The number of anilines is 1. The van der Waals surface area contributed by atoms with Crippen LogP contribution in [0.25, 0.3) is 5.65 Å². The smallest absolute Gasteiger partial charge is 0.270 e. The first-order valence-electron chi connectivity index (χ1n) is 7.56. The Kier molecular flexibility index (Phi) is 4.11. The molecule has 0 aliphatic carbocycles. The van der Waals surface area contributed by atoms with Crippen LogP contribution < -0.4 is 10.2 Å². The highest BCUT2D eigenvalue weighted by molar-refractivity contribution is 5.92. The van der Waals surface area contributed by atoms with E-state index < -0.39 is 0 Å². The fourth-order valence-corrected chi connectivity index (χ4v) is 2.38. The summed E-state index contributed by atoms with van der Waals surface area (Å²) >= 11 is 0. The van der Waals surface area contributed by atoms with Crippen molar-refractivity contribution in [1.29, 1.82) is 0 Å². The number of rotatable bonds is 4. The van der Waals surface area contributed by atoms with Crippen LogP contribution in [0.5, 0.6) is 0 Å². The van der Waals surface area contributed by atoms with E-state index >= 15 is 0 Å². The Bertz CT molecular complexity index is 880.